The standard InChI is InChI=1S/C34H41N9O2/c1-2-45-31(44)22-41-16-18-42(19-17-41)28-14-11-23-10-13-27(20-25(23)12-15-28)36-34-37-33(35)43(40-34)30-21-26-8-5-7-24-6-3-4-9-29(24)32(26)39-38-30/h3-4,6,9-10,13,20-21,28H,2,5,7-8,11-12,14-19,22H2,1H3,(H3,35,36,37,40). The molecule has 3 N–H and O–H groups in total. The Morgan fingerprint density at radius 2 is 1.73 bits per heavy atom. The van der Waals surface area contributed by atoms with Crippen LogP contribution in [0.15, 0.2) is 48.5 Å². The van der Waals surface area contributed by atoms with Gasteiger partial charge in [0.15, 0.2) is 5.82 Å². The summed E-state index contributed by atoms with van der Waals surface area (Å²) in [6.45, 7) is 6.48. The molecule has 2 aromatic carbocycles. The van der Waals surface area contributed by atoms with E-state index in [9.17, 15) is 4.79 Å². The molecule has 0 spiro atoms. The van der Waals surface area contributed by atoms with Crippen LogP contribution < -0.4 is 11.1 Å². The smallest absolute Gasteiger partial charge is 0.320 e. The number of nitrogens with zero attached hydrogens (tertiary/aromatic N) is 7. The highest BCUT2D eigenvalue weighted by Gasteiger charge is 2.27. The Kier molecular flexibility index (Phi) is 8.45. The van der Waals surface area contributed by atoms with E-state index in [1.807, 2.05) is 13.0 Å². The lowest BCUT2D eigenvalue weighted by Gasteiger charge is -2.38. The second kappa shape index (κ2) is 12.9. The molecule has 1 aliphatic heterocycles. The van der Waals surface area contributed by atoms with Crippen LogP contribution in [-0.2, 0) is 35.2 Å². The minimum absolute atomic E-state index is 0.126. The molecule has 0 bridgehead atoms. The fourth-order valence-corrected chi connectivity index (χ4v) is 7.06. The number of fused-ring (bicyclic) bond motifs is 4. The van der Waals surface area contributed by atoms with Crippen molar-refractivity contribution in [2.24, 2.45) is 0 Å². The first-order valence-corrected chi connectivity index (χ1v) is 16.2. The van der Waals surface area contributed by atoms with Gasteiger partial charge in [0.05, 0.1) is 18.8 Å². The van der Waals surface area contributed by atoms with Gasteiger partial charge >= 0.3 is 5.97 Å². The second-order valence-corrected chi connectivity index (χ2v) is 12.2. The predicted molar refractivity (Wildman–Crippen MR) is 174 cm³/mol. The molecule has 2 aromatic heterocycles. The number of rotatable bonds is 7. The van der Waals surface area contributed by atoms with Gasteiger partial charge in [0.25, 0.3) is 0 Å². The summed E-state index contributed by atoms with van der Waals surface area (Å²) >= 11 is 0. The Hall–Kier alpha value is -4.35. The van der Waals surface area contributed by atoms with Gasteiger partial charge in [-0.25, -0.2) is 0 Å². The molecule has 2 aliphatic carbocycles. The first-order valence-electron chi connectivity index (χ1n) is 16.2. The van der Waals surface area contributed by atoms with E-state index in [2.05, 4.69) is 77.9 Å². The molecule has 0 radical (unpaired) electrons. The number of carbonyl (C=O) groups is 1. The van der Waals surface area contributed by atoms with Gasteiger partial charge in [-0.15, -0.1) is 15.3 Å². The maximum atomic E-state index is 11.9. The van der Waals surface area contributed by atoms with Gasteiger partial charge in [-0.3, -0.25) is 14.6 Å². The monoisotopic (exact) mass is 607 g/mol. The van der Waals surface area contributed by atoms with Crippen molar-refractivity contribution in [3.05, 3.63) is 70.8 Å². The Bertz CT molecular complexity index is 1680. The highest BCUT2D eigenvalue weighted by atomic mass is 16.5. The molecule has 1 fully saturated rings. The van der Waals surface area contributed by atoms with Crippen molar-refractivity contribution in [2.75, 3.05) is 50.4 Å². The van der Waals surface area contributed by atoms with Crippen LogP contribution in [0, 0.1) is 0 Å². The zero-order valence-electron chi connectivity index (χ0n) is 25.9. The molecular weight excluding hydrogens is 566 g/mol. The number of nitrogens with two attached hydrogens (primary N) is 1. The number of aryl methyl sites for hydroxylation is 4. The lowest BCUT2D eigenvalue weighted by atomic mass is 10.0. The van der Waals surface area contributed by atoms with Gasteiger partial charge < -0.3 is 15.8 Å². The number of esters is 1. The molecule has 11 nitrogen and oxygen atoms in total. The average molecular weight is 608 g/mol. The molecule has 45 heavy (non-hydrogen) atoms. The summed E-state index contributed by atoms with van der Waals surface area (Å²) in [5, 5.41) is 17.1. The van der Waals surface area contributed by atoms with E-state index in [1.165, 1.54) is 16.7 Å². The van der Waals surface area contributed by atoms with E-state index >= 15 is 0 Å². The van der Waals surface area contributed by atoms with E-state index in [4.69, 9.17) is 10.5 Å². The van der Waals surface area contributed by atoms with Crippen molar-refractivity contribution in [1.29, 1.82) is 0 Å². The number of hydrogen-bond donors (Lipinski definition) is 2. The largest absolute Gasteiger partial charge is 0.465 e. The van der Waals surface area contributed by atoms with E-state index in [1.54, 1.807) is 4.68 Å². The minimum atomic E-state index is -0.126. The lowest BCUT2D eigenvalue weighted by molar-refractivity contribution is -0.144. The van der Waals surface area contributed by atoms with Crippen LogP contribution >= 0.6 is 0 Å². The van der Waals surface area contributed by atoms with Crippen LogP contribution in [0.5, 0.6) is 0 Å². The third-order valence-corrected chi connectivity index (χ3v) is 9.41. The maximum absolute atomic E-state index is 11.9. The summed E-state index contributed by atoms with van der Waals surface area (Å²) in [5.41, 5.74) is 14.6. The molecule has 4 aromatic rings. The summed E-state index contributed by atoms with van der Waals surface area (Å²) in [7, 11) is 0. The number of ether oxygens (including phenoxy) is 1. The molecule has 1 saturated heterocycles. The van der Waals surface area contributed by atoms with Crippen LogP contribution in [0.25, 0.3) is 17.1 Å². The highest BCUT2D eigenvalue weighted by Crippen LogP contribution is 2.32. The second-order valence-electron chi connectivity index (χ2n) is 12.2. The van der Waals surface area contributed by atoms with Crippen molar-refractivity contribution in [2.45, 2.75) is 57.9 Å². The fourth-order valence-electron chi connectivity index (χ4n) is 7.06. The third-order valence-electron chi connectivity index (χ3n) is 9.41. The number of nitrogens with one attached hydrogen (secondary N) is 1. The number of piperazine rings is 1. The Balaban J connectivity index is 0.998. The third kappa shape index (κ3) is 6.41. The van der Waals surface area contributed by atoms with Crippen LogP contribution in [0.1, 0.15) is 48.4 Å². The van der Waals surface area contributed by atoms with Gasteiger partial charge in [-0.05, 0) is 92.3 Å². The Morgan fingerprint density at radius 1 is 0.933 bits per heavy atom. The molecule has 3 aliphatic rings. The van der Waals surface area contributed by atoms with Crippen molar-refractivity contribution in [1.82, 2.24) is 34.8 Å². The van der Waals surface area contributed by atoms with E-state index in [-0.39, 0.29) is 11.9 Å². The molecule has 3 heterocycles. The zero-order valence-corrected chi connectivity index (χ0v) is 25.9. The van der Waals surface area contributed by atoms with Crippen molar-refractivity contribution >= 4 is 23.6 Å². The number of hydrogen-bond acceptors (Lipinski definition) is 10. The summed E-state index contributed by atoms with van der Waals surface area (Å²) < 4.78 is 6.69. The summed E-state index contributed by atoms with van der Waals surface area (Å²) in [6.07, 6.45) is 7.36. The predicted octanol–water partition coefficient (Wildman–Crippen LogP) is 3.97. The van der Waals surface area contributed by atoms with Gasteiger partial charge in [0.1, 0.15) is 0 Å². The molecule has 1 atom stereocenters. The Morgan fingerprint density at radius 3 is 2.58 bits per heavy atom. The highest BCUT2D eigenvalue weighted by molar-refractivity contribution is 5.71. The van der Waals surface area contributed by atoms with Gasteiger partial charge in [0, 0.05) is 43.5 Å². The molecule has 1 unspecified atom stereocenters. The maximum Gasteiger partial charge on any atom is 0.320 e. The average Bonchev–Trinajstić information content (AvgIpc) is 3.19. The first-order chi connectivity index (χ1) is 22.0. The number of aromatic nitrogens is 5. The van der Waals surface area contributed by atoms with Crippen molar-refractivity contribution in [3.8, 4) is 17.1 Å². The summed E-state index contributed by atoms with van der Waals surface area (Å²) in [4.78, 5) is 21.2. The summed E-state index contributed by atoms with van der Waals surface area (Å²) in [5.74, 6) is 1.14. The number of carbonyl (C=O) groups excluding carboxylic acids is 1. The quantitative estimate of drug-likeness (QED) is 0.235. The van der Waals surface area contributed by atoms with Crippen LogP contribution in [0.2, 0.25) is 0 Å². The van der Waals surface area contributed by atoms with Crippen LogP contribution in [-0.4, -0.2) is 86.1 Å². The van der Waals surface area contributed by atoms with Crippen LogP contribution in [0.4, 0.5) is 17.6 Å². The number of benzene rings is 2. The van der Waals surface area contributed by atoms with E-state index < -0.39 is 0 Å². The lowest BCUT2D eigenvalue weighted by Crippen LogP contribution is -2.51. The molecule has 0 saturated carbocycles. The van der Waals surface area contributed by atoms with Crippen molar-refractivity contribution < 1.29 is 9.53 Å². The first kappa shape index (κ1) is 29.4. The number of anilines is 3. The zero-order chi connectivity index (χ0) is 30.8. The molecule has 11 heteroatoms. The van der Waals surface area contributed by atoms with Crippen LogP contribution in [0.3, 0.4) is 0 Å². The molecule has 7 rings (SSSR count). The number of nitrogen functional groups attached to an aromatic ring is 1. The molecule has 234 valence electrons. The van der Waals surface area contributed by atoms with Gasteiger partial charge in [-0.1, -0.05) is 30.3 Å². The van der Waals surface area contributed by atoms with E-state index in [0.717, 1.165) is 93.6 Å². The normalized spacial score (nSPS) is 18.6. The molecule has 0 amide bonds. The minimum Gasteiger partial charge on any atom is -0.465 e. The topological polar surface area (TPSA) is 127 Å². The van der Waals surface area contributed by atoms with Crippen molar-refractivity contribution in [3.63, 3.8) is 0 Å². The summed E-state index contributed by atoms with van der Waals surface area (Å²) in [6, 6.07) is 17.6. The molecular formula is C34H41N9O2. The van der Waals surface area contributed by atoms with E-state index in [0.29, 0.717) is 31.0 Å². The van der Waals surface area contributed by atoms with Gasteiger partial charge in [-0.2, -0.15) is 9.67 Å². The Labute approximate surface area is 263 Å². The SMILES string of the molecule is CCOC(=O)CN1CCN(C2CCc3ccc(Nc4nc(N)n(-c5cc6c(nn5)-c5ccccc5CCC6)n4)cc3CC2)CC1. The fraction of sp³-hybridized carbons (Fsp3) is 0.441. The van der Waals surface area contributed by atoms with Gasteiger partial charge in [0.2, 0.25) is 11.9 Å².